The van der Waals surface area contributed by atoms with Crippen molar-refractivity contribution in [2.45, 2.75) is 46.1 Å². The zero-order chi connectivity index (χ0) is 27.6. The second-order valence-corrected chi connectivity index (χ2v) is 10.3. The normalized spacial score (nSPS) is 13.2. The van der Waals surface area contributed by atoms with Gasteiger partial charge in [-0.2, -0.15) is 5.10 Å². The number of carbonyl (C=O) groups is 1. The molecule has 206 valence electrons. The summed E-state index contributed by atoms with van der Waals surface area (Å²) in [6, 6.07) is 20.7. The first-order valence-corrected chi connectivity index (χ1v) is 14.2. The van der Waals surface area contributed by atoms with Crippen molar-refractivity contribution in [2.24, 2.45) is 7.05 Å². The minimum Gasteiger partial charge on any atom is -0.493 e. The lowest BCUT2D eigenvalue weighted by Gasteiger charge is -2.16. The molecule has 0 saturated heterocycles. The number of esters is 1. The van der Waals surface area contributed by atoms with Crippen LogP contribution in [-0.2, 0) is 24.8 Å². The number of nitrogens with zero attached hydrogens (tertiary/aromatic N) is 3. The van der Waals surface area contributed by atoms with Crippen molar-refractivity contribution in [1.82, 2.24) is 14.3 Å². The molecule has 5 aromatic rings. The summed E-state index contributed by atoms with van der Waals surface area (Å²) >= 11 is 0. The van der Waals surface area contributed by atoms with Crippen molar-refractivity contribution < 1.29 is 19.0 Å². The second kappa shape index (κ2) is 11.1. The number of rotatable bonds is 7. The number of fused-ring (bicyclic) bond motifs is 3. The molecular weight excluding hydrogens is 502 g/mol. The first-order chi connectivity index (χ1) is 19.6. The molecule has 0 radical (unpaired) electrons. The molecule has 0 fully saturated rings. The summed E-state index contributed by atoms with van der Waals surface area (Å²) in [5, 5.41) is 8.01. The van der Waals surface area contributed by atoms with Gasteiger partial charge in [-0.05, 0) is 56.5 Å². The Labute approximate surface area is 234 Å². The van der Waals surface area contributed by atoms with Crippen LogP contribution in [0.15, 0.2) is 60.7 Å². The van der Waals surface area contributed by atoms with Gasteiger partial charge in [-0.25, -0.2) is 9.48 Å². The van der Waals surface area contributed by atoms with Gasteiger partial charge < -0.3 is 18.8 Å². The predicted octanol–water partition coefficient (Wildman–Crippen LogP) is 6.86. The molecule has 0 spiro atoms. The quantitative estimate of drug-likeness (QED) is 0.168. The van der Waals surface area contributed by atoms with Gasteiger partial charge in [0.2, 0.25) is 5.88 Å². The van der Waals surface area contributed by atoms with Gasteiger partial charge in [-0.1, -0.05) is 54.6 Å². The van der Waals surface area contributed by atoms with Crippen LogP contribution >= 0.6 is 0 Å². The lowest BCUT2D eigenvalue weighted by atomic mass is 9.99. The van der Waals surface area contributed by atoms with Gasteiger partial charge in [0.05, 0.1) is 36.6 Å². The maximum atomic E-state index is 13.5. The highest BCUT2D eigenvalue weighted by molar-refractivity contribution is 6.05. The molecule has 3 heterocycles. The van der Waals surface area contributed by atoms with Gasteiger partial charge in [0.15, 0.2) is 0 Å². The predicted molar refractivity (Wildman–Crippen MR) is 157 cm³/mol. The van der Waals surface area contributed by atoms with E-state index in [0.717, 1.165) is 75.0 Å². The van der Waals surface area contributed by atoms with E-state index in [9.17, 15) is 4.79 Å². The van der Waals surface area contributed by atoms with Crippen molar-refractivity contribution in [1.29, 1.82) is 0 Å². The highest BCUT2D eigenvalue weighted by Gasteiger charge is 2.28. The van der Waals surface area contributed by atoms with Gasteiger partial charge in [0.1, 0.15) is 11.4 Å². The third-order valence-electron chi connectivity index (χ3n) is 7.69. The number of hydrogen-bond donors (Lipinski definition) is 0. The third kappa shape index (κ3) is 4.59. The fourth-order valence-electron chi connectivity index (χ4n) is 6.00. The topological polar surface area (TPSA) is 67.5 Å². The summed E-state index contributed by atoms with van der Waals surface area (Å²) in [7, 11) is 1.92. The van der Waals surface area contributed by atoms with Crippen molar-refractivity contribution in [3.63, 3.8) is 0 Å². The Morgan fingerprint density at radius 2 is 1.82 bits per heavy atom. The molecule has 0 bridgehead atoms. The van der Waals surface area contributed by atoms with Crippen LogP contribution in [0.3, 0.4) is 0 Å². The molecule has 0 aliphatic carbocycles. The Bertz CT molecular complexity index is 1690. The molecule has 6 rings (SSSR count). The Hall–Kier alpha value is -4.26. The average molecular weight is 538 g/mol. The summed E-state index contributed by atoms with van der Waals surface area (Å²) in [5.74, 6) is 1.37. The fourth-order valence-corrected chi connectivity index (χ4v) is 6.00. The molecule has 0 N–H and O–H groups in total. The van der Waals surface area contributed by atoms with Crippen LogP contribution < -0.4 is 9.47 Å². The number of aromatic nitrogens is 3. The summed E-state index contributed by atoms with van der Waals surface area (Å²) in [6.07, 6.45) is 3.22. The van der Waals surface area contributed by atoms with Crippen LogP contribution in [0.25, 0.3) is 32.8 Å². The molecule has 2 aromatic heterocycles. The van der Waals surface area contributed by atoms with Gasteiger partial charge in [-0.3, -0.25) is 0 Å². The van der Waals surface area contributed by atoms with Gasteiger partial charge in [0.25, 0.3) is 0 Å². The first kappa shape index (κ1) is 26.0. The van der Waals surface area contributed by atoms with Crippen LogP contribution in [0, 0.1) is 6.92 Å². The van der Waals surface area contributed by atoms with E-state index in [1.807, 2.05) is 49.8 Å². The Kier molecular flexibility index (Phi) is 7.20. The number of aryl methyl sites for hydroxylation is 4. The molecule has 3 aromatic carbocycles. The molecule has 40 heavy (non-hydrogen) atoms. The lowest BCUT2D eigenvalue weighted by molar-refractivity contribution is 0.0512. The third-order valence-corrected chi connectivity index (χ3v) is 7.69. The van der Waals surface area contributed by atoms with E-state index in [-0.39, 0.29) is 5.97 Å². The largest absolute Gasteiger partial charge is 0.493 e. The first-order valence-electron chi connectivity index (χ1n) is 14.2. The second-order valence-electron chi connectivity index (χ2n) is 10.3. The monoisotopic (exact) mass is 537 g/mol. The Morgan fingerprint density at radius 1 is 1.02 bits per heavy atom. The highest BCUT2D eigenvalue weighted by Crippen LogP contribution is 2.41. The number of para-hydroxylation sites is 1. The number of ether oxygens (including phenoxy) is 3. The van der Waals surface area contributed by atoms with Crippen LogP contribution in [0.2, 0.25) is 0 Å². The smallest absolute Gasteiger partial charge is 0.355 e. The zero-order valence-corrected chi connectivity index (χ0v) is 23.4. The standard InChI is InChI=1S/C33H35N3O4/c1-4-38-33(37)31-26(17-11-21-39-28-18-9-13-23-12-5-6-14-24(23)28)25-15-10-16-27-29-22(2)34-35(3)32(29)40-20-8-7-19-36(31)30(25)27/h5-6,9-10,12-16,18H,4,7-8,11,17,19-21H2,1-3H3. The van der Waals surface area contributed by atoms with E-state index in [1.165, 1.54) is 0 Å². The van der Waals surface area contributed by atoms with E-state index >= 15 is 0 Å². The molecule has 0 atom stereocenters. The minimum absolute atomic E-state index is 0.272. The molecule has 1 aliphatic heterocycles. The van der Waals surface area contributed by atoms with E-state index in [0.29, 0.717) is 38.5 Å². The van der Waals surface area contributed by atoms with Gasteiger partial charge >= 0.3 is 5.97 Å². The SMILES string of the molecule is CCOC(=O)c1c(CCCOc2cccc3ccccc23)c2cccc3c2n1CCCCOc1c-3c(C)nn1C. The van der Waals surface area contributed by atoms with Crippen LogP contribution in [-0.4, -0.2) is 40.1 Å². The fraction of sp³-hybridized carbons (Fsp3) is 0.333. The Morgan fingerprint density at radius 3 is 2.70 bits per heavy atom. The summed E-state index contributed by atoms with van der Waals surface area (Å²) in [6.45, 7) is 6.06. The molecule has 1 aliphatic rings. The molecule has 7 nitrogen and oxygen atoms in total. The molecule has 0 amide bonds. The van der Waals surface area contributed by atoms with Crippen molar-refractivity contribution >= 4 is 27.6 Å². The average Bonchev–Trinajstić information content (AvgIpc) is 3.43. The van der Waals surface area contributed by atoms with E-state index < -0.39 is 0 Å². The maximum Gasteiger partial charge on any atom is 0.355 e. The maximum absolute atomic E-state index is 13.5. The van der Waals surface area contributed by atoms with Crippen molar-refractivity contribution in [3.05, 3.63) is 77.6 Å². The van der Waals surface area contributed by atoms with Crippen LogP contribution in [0.5, 0.6) is 11.6 Å². The Balaban J connectivity index is 1.41. The summed E-state index contributed by atoms with van der Waals surface area (Å²) in [5.41, 5.74) is 5.62. The zero-order valence-electron chi connectivity index (χ0n) is 23.4. The van der Waals surface area contributed by atoms with Gasteiger partial charge in [-0.15, -0.1) is 0 Å². The van der Waals surface area contributed by atoms with E-state index in [4.69, 9.17) is 14.2 Å². The minimum atomic E-state index is -0.272. The van der Waals surface area contributed by atoms with Crippen LogP contribution in [0.4, 0.5) is 0 Å². The van der Waals surface area contributed by atoms with E-state index in [1.54, 1.807) is 0 Å². The molecule has 0 saturated carbocycles. The molecule has 0 unspecified atom stereocenters. The molecular formula is C33H35N3O4. The highest BCUT2D eigenvalue weighted by atomic mass is 16.5. The number of carbonyl (C=O) groups excluding carboxylic acids is 1. The number of hydrogen-bond acceptors (Lipinski definition) is 5. The lowest BCUT2D eigenvalue weighted by Crippen LogP contribution is -2.16. The van der Waals surface area contributed by atoms with Gasteiger partial charge in [0, 0.05) is 29.9 Å². The number of benzene rings is 3. The summed E-state index contributed by atoms with van der Waals surface area (Å²) in [4.78, 5) is 13.5. The summed E-state index contributed by atoms with van der Waals surface area (Å²) < 4.78 is 22.1. The molecule has 7 heteroatoms. The van der Waals surface area contributed by atoms with Crippen molar-refractivity contribution in [3.8, 4) is 22.8 Å². The van der Waals surface area contributed by atoms with Crippen LogP contribution in [0.1, 0.15) is 47.9 Å². The van der Waals surface area contributed by atoms with Crippen molar-refractivity contribution in [2.75, 3.05) is 19.8 Å². The van der Waals surface area contributed by atoms with E-state index in [2.05, 4.69) is 46.1 Å².